The summed E-state index contributed by atoms with van der Waals surface area (Å²) in [6, 6.07) is 12.9. The minimum Gasteiger partial charge on any atom is -0.362 e. The van der Waals surface area contributed by atoms with Gasteiger partial charge in [-0.25, -0.2) is 4.98 Å². The zero-order valence-electron chi connectivity index (χ0n) is 18.8. The van der Waals surface area contributed by atoms with Crippen LogP contribution in [-0.4, -0.2) is 16.2 Å². The summed E-state index contributed by atoms with van der Waals surface area (Å²) >= 11 is 8.17. The van der Waals surface area contributed by atoms with Gasteiger partial charge in [-0.05, 0) is 60.2 Å². The molecule has 5 unspecified atom stereocenters. The molecule has 1 aliphatic heterocycles. The molecule has 1 N–H and O–H groups in total. The van der Waals surface area contributed by atoms with E-state index >= 15 is 0 Å². The van der Waals surface area contributed by atoms with Gasteiger partial charge >= 0.3 is 0 Å². The number of benzene rings is 1. The summed E-state index contributed by atoms with van der Waals surface area (Å²) in [6.07, 6.45) is 3.05. The normalized spacial score (nSPS) is 28.1. The predicted molar refractivity (Wildman–Crippen MR) is 128 cm³/mol. The summed E-state index contributed by atoms with van der Waals surface area (Å²) in [5.41, 5.74) is 2.58. The highest BCUT2D eigenvalue weighted by Gasteiger charge is 2.49. The molecule has 2 aromatic heterocycles. The molecule has 6 heteroatoms. The van der Waals surface area contributed by atoms with Crippen LogP contribution in [0.4, 0.5) is 4.39 Å². The molecule has 1 aromatic carbocycles. The van der Waals surface area contributed by atoms with Crippen LogP contribution in [0.3, 0.4) is 0 Å². The Morgan fingerprint density at radius 2 is 1.91 bits per heavy atom. The van der Waals surface area contributed by atoms with Gasteiger partial charge in [0.05, 0.1) is 6.10 Å². The van der Waals surface area contributed by atoms with E-state index in [9.17, 15) is 9.50 Å². The molecule has 170 valence electrons. The Labute approximate surface area is 198 Å². The third-order valence-corrected chi connectivity index (χ3v) is 8.56. The fraction of sp³-hybridized carbons (Fsp3) is 0.423. The Morgan fingerprint density at radius 1 is 1.12 bits per heavy atom. The summed E-state index contributed by atoms with van der Waals surface area (Å²) in [5, 5.41) is 12.3. The Morgan fingerprint density at radius 3 is 2.59 bits per heavy atom. The van der Waals surface area contributed by atoms with Gasteiger partial charge in [0.15, 0.2) is 5.79 Å². The number of hydrogen-bond donors (Lipinski definition) is 1. The average molecular weight is 474 g/mol. The van der Waals surface area contributed by atoms with Crippen molar-refractivity contribution in [1.29, 1.82) is 0 Å². The van der Waals surface area contributed by atoms with E-state index in [1.165, 1.54) is 6.07 Å². The minimum absolute atomic E-state index is 0.00880. The molecule has 0 bridgehead atoms. The average Bonchev–Trinajstić information content (AvgIpc) is 3.25. The standard InChI is InChI=1S/C26H29ClFNO2S/c1-5-23-16(3)15(2)17(4)26(30,31-23)20-7-9-22(27)19(12-20)13-21-8-10-24(32-21)18-6-11-25(28)29-14-18/h6-12,14-17,23,30H,5,13H2,1-4H3. The van der Waals surface area contributed by atoms with Crippen LogP contribution in [0.15, 0.2) is 48.7 Å². The molecule has 3 heterocycles. The lowest BCUT2D eigenvalue weighted by Gasteiger charge is -2.49. The monoisotopic (exact) mass is 473 g/mol. The molecule has 0 aliphatic carbocycles. The zero-order chi connectivity index (χ0) is 23.0. The Hall–Kier alpha value is -1.79. The smallest absolute Gasteiger partial charge is 0.212 e. The molecule has 3 aromatic rings. The maximum atomic E-state index is 13.1. The SMILES string of the molecule is CCC1OC(O)(c2ccc(Cl)c(Cc3ccc(-c4ccc(F)nc4)s3)c2)C(C)C(C)C1C. The second kappa shape index (κ2) is 9.22. The molecule has 1 aliphatic rings. The molecule has 0 amide bonds. The largest absolute Gasteiger partial charge is 0.362 e. The fourth-order valence-corrected chi connectivity index (χ4v) is 5.86. The lowest BCUT2D eigenvalue weighted by Crippen LogP contribution is -2.51. The van der Waals surface area contributed by atoms with Gasteiger partial charge in [0, 0.05) is 44.4 Å². The Bertz CT molecular complexity index is 1080. The predicted octanol–water partition coefficient (Wildman–Crippen LogP) is 7.06. The van der Waals surface area contributed by atoms with Gasteiger partial charge in [-0.15, -0.1) is 11.3 Å². The van der Waals surface area contributed by atoms with Gasteiger partial charge in [-0.3, -0.25) is 0 Å². The van der Waals surface area contributed by atoms with Crippen molar-refractivity contribution in [2.45, 2.75) is 52.4 Å². The van der Waals surface area contributed by atoms with Crippen molar-refractivity contribution in [3.05, 3.63) is 75.6 Å². The van der Waals surface area contributed by atoms with Gasteiger partial charge in [0.2, 0.25) is 5.95 Å². The second-order valence-electron chi connectivity index (χ2n) is 8.89. The van der Waals surface area contributed by atoms with Crippen LogP contribution in [0, 0.1) is 23.7 Å². The Balaban J connectivity index is 1.61. The molecule has 0 spiro atoms. The van der Waals surface area contributed by atoms with Crippen molar-refractivity contribution >= 4 is 22.9 Å². The highest BCUT2D eigenvalue weighted by molar-refractivity contribution is 7.15. The van der Waals surface area contributed by atoms with Gasteiger partial charge in [-0.2, -0.15) is 4.39 Å². The first-order valence-corrected chi connectivity index (χ1v) is 12.3. The van der Waals surface area contributed by atoms with E-state index in [2.05, 4.69) is 38.7 Å². The van der Waals surface area contributed by atoms with Crippen LogP contribution in [0.5, 0.6) is 0 Å². The third-order valence-electron chi connectivity index (χ3n) is 7.05. The molecule has 5 atom stereocenters. The zero-order valence-corrected chi connectivity index (χ0v) is 20.4. The van der Waals surface area contributed by atoms with Crippen LogP contribution in [0.1, 0.15) is 50.1 Å². The number of nitrogens with zero attached hydrogens (tertiary/aromatic N) is 1. The summed E-state index contributed by atoms with van der Waals surface area (Å²) in [6.45, 7) is 8.55. The Kier molecular flexibility index (Phi) is 6.73. The van der Waals surface area contributed by atoms with Crippen molar-refractivity contribution in [3.63, 3.8) is 0 Å². The highest BCUT2D eigenvalue weighted by atomic mass is 35.5. The van der Waals surface area contributed by atoms with E-state index in [1.807, 2.05) is 24.3 Å². The van der Waals surface area contributed by atoms with Gasteiger partial charge in [-0.1, -0.05) is 45.4 Å². The van der Waals surface area contributed by atoms with Crippen LogP contribution in [-0.2, 0) is 16.9 Å². The van der Waals surface area contributed by atoms with E-state index in [4.69, 9.17) is 16.3 Å². The van der Waals surface area contributed by atoms with E-state index in [-0.39, 0.29) is 12.0 Å². The van der Waals surface area contributed by atoms with Crippen molar-refractivity contribution in [2.24, 2.45) is 17.8 Å². The molecule has 3 nitrogen and oxygen atoms in total. The van der Waals surface area contributed by atoms with Crippen LogP contribution in [0.2, 0.25) is 5.02 Å². The first-order chi connectivity index (χ1) is 15.2. The summed E-state index contributed by atoms with van der Waals surface area (Å²) in [7, 11) is 0. The number of ether oxygens (including phenoxy) is 1. The topological polar surface area (TPSA) is 42.4 Å². The van der Waals surface area contributed by atoms with Gasteiger partial charge < -0.3 is 9.84 Å². The van der Waals surface area contributed by atoms with Gasteiger partial charge in [0.1, 0.15) is 0 Å². The van der Waals surface area contributed by atoms with Crippen molar-refractivity contribution in [2.75, 3.05) is 0 Å². The first kappa shape index (κ1) is 23.4. The number of pyridine rings is 1. The number of thiophene rings is 1. The highest BCUT2D eigenvalue weighted by Crippen LogP contribution is 2.47. The second-order valence-corrected chi connectivity index (χ2v) is 10.5. The molecule has 32 heavy (non-hydrogen) atoms. The summed E-state index contributed by atoms with van der Waals surface area (Å²) < 4.78 is 19.4. The number of aliphatic hydroxyl groups is 1. The quantitative estimate of drug-likeness (QED) is 0.403. The molecule has 1 saturated heterocycles. The lowest BCUT2D eigenvalue weighted by atomic mass is 9.72. The van der Waals surface area contributed by atoms with E-state index in [0.29, 0.717) is 23.3 Å². The van der Waals surface area contributed by atoms with Crippen molar-refractivity contribution in [1.82, 2.24) is 4.98 Å². The maximum Gasteiger partial charge on any atom is 0.212 e. The van der Waals surface area contributed by atoms with Crippen LogP contribution >= 0.6 is 22.9 Å². The lowest BCUT2D eigenvalue weighted by molar-refractivity contribution is -0.316. The molecule has 0 saturated carbocycles. The number of hydrogen-bond acceptors (Lipinski definition) is 4. The molecule has 0 radical (unpaired) electrons. The fourth-order valence-electron chi connectivity index (χ4n) is 4.65. The third kappa shape index (κ3) is 4.36. The van der Waals surface area contributed by atoms with E-state index < -0.39 is 11.7 Å². The van der Waals surface area contributed by atoms with Crippen LogP contribution in [0.25, 0.3) is 10.4 Å². The molecular weight excluding hydrogens is 445 g/mol. The number of aromatic nitrogens is 1. The van der Waals surface area contributed by atoms with E-state index in [0.717, 1.165) is 32.9 Å². The number of halogens is 2. The maximum absolute atomic E-state index is 13.1. The minimum atomic E-state index is -1.34. The molecular formula is C26H29ClFNO2S. The molecule has 4 rings (SSSR count). The first-order valence-electron chi connectivity index (χ1n) is 11.1. The van der Waals surface area contributed by atoms with Gasteiger partial charge in [0.25, 0.3) is 0 Å². The van der Waals surface area contributed by atoms with Crippen molar-refractivity contribution < 1.29 is 14.2 Å². The van der Waals surface area contributed by atoms with Crippen molar-refractivity contribution in [3.8, 4) is 10.4 Å². The summed E-state index contributed by atoms with van der Waals surface area (Å²) in [5.74, 6) is -1.17. The molecule has 1 fully saturated rings. The summed E-state index contributed by atoms with van der Waals surface area (Å²) in [4.78, 5) is 5.89. The number of rotatable bonds is 5. The van der Waals surface area contributed by atoms with E-state index in [1.54, 1.807) is 23.6 Å². The van der Waals surface area contributed by atoms with Crippen LogP contribution < -0.4 is 0 Å².